The van der Waals surface area contributed by atoms with Gasteiger partial charge >= 0.3 is 0 Å². The molecular weight excluding hydrogens is 400 g/mol. The maximum Gasteiger partial charge on any atom is 0.252 e. The van der Waals surface area contributed by atoms with Crippen molar-refractivity contribution in [3.8, 4) is 17.6 Å². The van der Waals surface area contributed by atoms with E-state index in [1.165, 1.54) is 0 Å². The van der Waals surface area contributed by atoms with E-state index in [1.807, 2.05) is 36.4 Å². The van der Waals surface area contributed by atoms with E-state index in [-0.39, 0.29) is 24.8 Å². The molecular formula is C27H20N2O3. The average molecular weight is 420 g/mol. The number of rotatable bonds is 6. The van der Waals surface area contributed by atoms with Crippen LogP contribution in [0.15, 0.2) is 91.1 Å². The Labute approximate surface area is 186 Å². The molecule has 0 saturated carbocycles. The minimum atomic E-state index is -0.347. The van der Waals surface area contributed by atoms with Crippen LogP contribution in [-0.2, 0) is 0 Å². The molecule has 1 aromatic heterocycles. The van der Waals surface area contributed by atoms with Crippen LogP contribution in [0.2, 0.25) is 0 Å². The number of fused-ring (bicyclic) bond motifs is 1. The number of ether oxygens (including phenoxy) is 1. The number of amides is 1. The molecule has 0 unspecified atom stereocenters. The van der Waals surface area contributed by atoms with E-state index in [2.05, 4.69) is 22.1 Å². The average Bonchev–Trinajstić information content (AvgIpc) is 2.86. The standard InChI is InChI=1S/C27H20N2O3/c30-26(21-9-2-1-3-10-21)23-12-4-5-13-24(23)27(31)29-16-6-7-18-32-22-15-14-20-11-8-17-28-25(20)19-22/h1-5,8-15,17,19H,16,18H2,(H,29,31). The molecule has 0 bridgehead atoms. The van der Waals surface area contributed by atoms with Crippen molar-refractivity contribution >= 4 is 22.6 Å². The highest BCUT2D eigenvalue weighted by atomic mass is 16.5. The van der Waals surface area contributed by atoms with E-state index < -0.39 is 0 Å². The Morgan fingerprint density at radius 2 is 1.62 bits per heavy atom. The molecule has 0 saturated heterocycles. The van der Waals surface area contributed by atoms with Crippen molar-refractivity contribution in [2.45, 2.75) is 0 Å². The number of benzene rings is 3. The Balaban J connectivity index is 1.33. The van der Waals surface area contributed by atoms with Gasteiger partial charge in [0, 0.05) is 28.8 Å². The number of ketones is 1. The predicted octanol–water partition coefficient (Wildman–Crippen LogP) is 4.28. The second-order valence-electron chi connectivity index (χ2n) is 6.92. The van der Waals surface area contributed by atoms with Gasteiger partial charge in [-0.25, -0.2) is 0 Å². The molecule has 5 heteroatoms. The lowest BCUT2D eigenvalue weighted by molar-refractivity contribution is 0.0946. The first kappa shape index (κ1) is 20.8. The molecule has 156 valence electrons. The van der Waals surface area contributed by atoms with Gasteiger partial charge in [0.1, 0.15) is 12.4 Å². The summed E-state index contributed by atoms with van der Waals surface area (Å²) in [4.78, 5) is 29.7. The number of hydrogen-bond acceptors (Lipinski definition) is 4. The van der Waals surface area contributed by atoms with E-state index in [0.29, 0.717) is 22.4 Å². The van der Waals surface area contributed by atoms with Gasteiger partial charge in [0.2, 0.25) is 0 Å². The van der Waals surface area contributed by atoms with Crippen LogP contribution in [0.3, 0.4) is 0 Å². The zero-order chi connectivity index (χ0) is 22.2. The number of nitrogens with zero attached hydrogens (tertiary/aromatic N) is 1. The van der Waals surface area contributed by atoms with Gasteiger partial charge in [0.15, 0.2) is 5.78 Å². The maximum absolute atomic E-state index is 12.8. The lowest BCUT2D eigenvalue weighted by Crippen LogP contribution is -2.25. The highest BCUT2D eigenvalue weighted by Crippen LogP contribution is 2.18. The quantitative estimate of drug-likeness (QED) is 0.374. The molecule has 0 fully saturated rings. The van der Waals surface area contributed by atoms with Gasteiger partial charge < -0.3 is 10.1 Å². The van der Waals surface area contributed by atoms with Crippen LogP contribution in [0.1, 0.15) is 26.3 Å². The molecule has 1 N–H and O–H groups in total. The molecule has 0 aliphatic heterocycles. The molecule has 4 aromatic rings. The normalized spacial score (nSPS) is 10.1. The summed E-state index contributed by atoms with van der Waals surface area (Å²) in [7, 11) is 0. The lowest BCUT2D eigenvalue weighted by Gasteiger charge is -2.08. The van der Waals surface area contributed by atoms with Crippen molar-refractivity contribution in [1.82, 2.24) is 10.3 Å². The predicted molar refractivity (Wildman–Crippen MR) is 124 cm³/mol. The second-order valence-corrected chi connectivity index (χ2v) is 6.92. The van der Waals surface area contributed by atoms with Gasteiger partial charge in [-0.3, -0.25) is 14.6 Å². The monoisotopic (exact) mass is 420 g/mol. The summed E-state index contributed by atoms with van der Waals surface area (Å²) in [6.45, 7) is 0.340. The topological polar surface area (TPSA) is 68.3 Å². The Morgan fingerprint density at radius 3 is 2.47 bits per heavy atom. The number of pyridine rings is 1. The third kappa shape index (κ3) is 5.00. The molecule has 5 nitrogen and oxygen atoms in total. The number of carbonyl (C=O) groups is 2. The summed E-state index contributed by atoms with van der Waals surface area (Å²) in [5.41, 5.74) is 2.07. The molecule has 1 heterocycles. The summed E-state index contributed by atoms with van der Waals surface area (Å²) < 4.78 is 5.63. The maximum atomic E-state index is 12.8. The van der Waals surface area contributed by atoms with E-state index in [9.17, 15) is 9.59 Å². The van der Waals surface area contributed by atoms with Crippen LogP contribution in [-0.4, -0.2) is 29.8 Å². The Morgan fingerprint density at radius 1 is 0.844 bits per heavy atom. The fourth-order valence-electron chi connectivity index (χ4n) is 3.21. The van der Waals surface area contributed by atoms with Gasteiger partial charge in [-0.15, -0.1) is 0 Å². The minimum Gasteiger partial charge on any atom is -0.481 e. The van der Waals surface area contributed by atoms with E-state index in [0.717, 1.165) is 10.9 Å². The summed E-state index contributed by atoms with van der Waals surface area (Å²) in [6.07, 6.45) is 1.74. The zero-order valence-corrected chi connectivity index (χ0v) is 17.2. The van der Waals surface area contributed by atoms with Gasteiger partial charge in [0.05, 0.1) is 17.6 Å². The first-order valence-electron chi connectivity index (χ1n) is 10.1. The molecule has 0 aliphatic rings. The largest absolute Gasteiger partial charge is 0.481 e. The van der Waals surface area contributed by atoms with Crippen molar-refractivity contribution in [2.24, 2.45) is 0 Å². The smallest absolute Gasteiger partial charge is 0.252 e. The number of hydrogen-bond donors (Lipinski definition) is 1. The molecule has 0 atom stereocenters. The molecule has 4 rings (SSSR count). The van der Waals surface area contributed by atoms with Crippen molar-refractivity contribution in [3.05, 3.63) is 108 Å². The molecule has 0 spiro atoms. The van der Waals surface area contributed by atoms with E-state index in [1.54, 1.807) is 54.7 Å². The van der Waals surface area contributed by atoms with Crippen LogP contribution in [0.5, 0.6) is 5.75 Å². The third-order valence-electron chi connectivity index (χ3n) is 4.80. The summed E-state index contributed by atoms with van der Waals surface area (Å²) in [5.74, 6) is 5.89. The van der Waals surface area contributed by atoms with E-state index in [4.69, 9.17) is 4.74 Å². The summed E-state index contributed by atoms with van der Waals surface area (Å²) >= 11 is 0. The first-order valence-corrected chi connectivity index (χ1v) is 10.1. The second kappa shape index (κ2) is 10.1. The Bertz CT molecular complexity index is 1320. The highest BCUT2D eigenvalue weighted by Gasteiger charge is 2.17. The SMILES string of the molecule is O=C(NCC#CCOc1ccc2cccnc2c1)c1ccccc1C(=O)c1ccccc1. The van der Waals surface area contributed by atoms with Crippen LogP contribution < -0.4 is 10.1 Å². The van der Waals surface area contributed by atoms with Crippen molar-refractivity contribution in [1.29, 1.82) is 0 Å². The van der Waals surface area contributed by atoms with Crippen LogP contribution in [0, 0.1) is 11.8 Å². The lowest BCUT2D eigenvalue weighted by atomic mass is 9.98. The fraction of sp³-hybridized carbons (Fsp3) is 0.0741. The van der Waals surface area contributed by atoms with Crippen LogP contribution >= 0.6 is 0 Å². The van der Waals surface area contributed by atoms with Crippen molar-refractivity contribution in [3.63, 3.8) is 0 Å². The number of nitrogens with one attached hydrogen (secondary N) is 1. The molecule has 0 radical (unpaired) electrons. The Hall–Kier alpha value is -4.43. The highest BCUT2D eigenvalue weighted by molar-refractivity contribution is 6.15. The molecule has 0 aliphatic carbocycles. The van der Waals surface area contributed by atoms with Crippen molar-refractivity contribution in [2.75, 3.05) is 13.2 Å². The van der Waals surface area contributed by atoms with E-state index >= 15 is 0 Å². The van der Waals surface area contributed by atoms with Crippen LogP contribution in [0.4, 0.5) is 0 Å². The van der Waals surface area contributed by atoms with Crippen LogP contribution in [0.25, 0.3) is 10.9 Å². The zero-order valence-electron chi connectivity index (χ0n) is 17.2. The molecule has 1 amide bonds. The first-order chi connectivity index (χ1) is 15.7. The third-order valence-corrected chi connectivity index (χ3v) is 4.80. The van der Waals surface area contributed by atoms with Crippen molar-refractivity contribution < 1.29 is 14.3 Å². The van der Waals surface area contributed by atoms with Gasteiger partial charge in [-0.2, -0.15) is 0 Å². The molecule has 32 heavy (non-hydrogen) atoms. The molecule has 3 aromatic carbocycles. The summed E-state index contributed by atoms with van der Waals surface area (Å²) in [6, 6.07) is 25.2. The Kier molecular flexibility index (Phi) is 6.54. The number of carbonyl (C=O) groups excluding carboxylic acids is 2. The number of aromatic nitrogens is 1. The van der Waals surface area contributed by atoms with Gasteiger partial charge in [-0.1, -0.05) is 66.4 Å². The fourth-order valence-corrected chi connectivity index (χ4v) is 3.21. The van der Waals surface area contributed by atoms with Gasteiger partial charge in [-0.05, 0) is 24.3 Å². The van der Waals surface area contributed by atoms with Gasteiger partial charge in [0.25, 0.3) is 5.91 Å². The minimum absolute atomic E-state index is 0.148. The summed E-state index contributed by atoms with van der Waals surface area (Å²) in [5, 5.41) is 3.78.